The van der Waals surface area contributed by atoms with Gasteiger partial charge in [0.15, 0.2) is 0 Å². The summed E-state index contributed by atoms with van der Waals surface area (Å²) in [5.41, 5.74) is 6.10. The minimum absolute atomic E-state index is 0.454. The molecule has 0 aliphatic carbocycles. The standard InChI is InChI=1S/C11H25N/c1-4-7-9-11(12)10(6-3)8-5-2/h10-11H,4-9,12H2,1-3H3. The number of unbranched alkanes of at least 4 members (excludes halogenated alkanes) is 1. The Balaban J connectivity index is 3.60. The minimum atomic E-state index is 0.454. The van der Waals surface area contributed by atoms with Gasteiger partial charge in [-0.15, -0.1) is 0 Å². The Morgan fingerprint density at radius 2 is 1.67 bits per heavy atom. The molecule has 0 aromatic rings. The lowest BCUT2D eigenvalue weighted by atomic mass is 9.90. The van der Waals surface area contributed by atoms with Crippen LogP contribution in [0.2, 0.25) is 0 Å². The summed E-state index contributed by atoms with van der Waals surface area (Å²) in [7, 11) is 0. The van der Waals surface area contributed by atoms with Crippen LogP contribution in [0.1, 0.15) is 59.3 Å². The molecule has 0 rings (SSSR count). The smallest absolute Gasteiger partial charge is 0.00670 e. The lowest BCUT2D eigenvalue weighted by molar-refractivity contribution is 0.355. The van der Waals surface area contributed by atoms with Gasteiger partial charge >= 0.3 is 0 Å². The summed E-state index contributed by atoms with van der Waals surface area (Å²) in [6.07, 6.45) is 7.62. The van der Waals surface area contributed by atoms with Gasteiger partial charge in [-0.05, 0) is 18.8 Å². The molecular weight excluding hydrogens is 146 g/mol. The molecule has 0 aliphatic heterocycles. The summed E-state index contributed by atoms with van der Waals surface area (Å²) in [6.45, 7) is 6.73. The van der Waals surface area contributed by atoms with E-state index in [2.05, 4.69) is 20.8 Å². The molecule has 2 N–H and O–H groups in total. The summed E-state index contributed by atoms with van der Waals surface area (Å²) in [6, 6.07) is 0.454. The van der Waals surface area contributed by atoms with Crippen LogP contribution in [0.5, 0.6) is 0 Å². The molecule has 0 bridgehead atoms. The molecule has 1 nitrogen and oxygen atoms in total. The van der Waals surface area contributed by atoms with E-state index in [9.17, 15) is 0 Å². The molecule has 1 heteroatoms. The fourth-order valence-corrected chi connectivity index (χ4v) is 1.77. The van der Waals surface area contributed by atoms with Crippen molar-refractivity contribution in [2.45, 2.75) is 65.3 Å². The zero-order chi connectivity index (χ0) is 9.40. The SMILES string of the molecule is CCCCC(N)C(CC)CCC. The summed E-state index contributed by atoms with van der Waals surface area (Å²) in [4.78, 5) is 0. The third-order valence-electron chi connectivity index (χ3n) is 2.68. The first kappa shape index (κ1) is 12.0. The highest BCUT2D eigenvalue weighted by molar-refractivity contribution is 4.71. The van der Waals surface area contributed by atoms with E-state index in [1.807, 2.05) is 0 Å². The molecule has 0 spiro atoms. The number of hydrogen-bond acceptors (Lipinski definition) is 1. The maximum absolute atomic E-state index is 6.10. The van der Waals surface area contributed by atoms with Crippen molar-refractivity contribution < 1.29 is 0 Å². The van der Waals surface area contributed by atoms with Crippen molar-refractivity contribution >= 4 is 0 Å². The molecule has 0 aliphatic rings. The van der Waals surface area contributed by atoms with Crippen molar-refractivity contribution in [1.29, 1.82) is 0 Å². The summed E-state index contributed by atoms with van der Waals surface area (Å²) >= 11 is 0. The van der Waals surface area contributed by atoms with Crippen molar-refractivity contribution in [2.24, 2.45) is 11.7 Å². The molecule has 0 aromatic heterocycles. The van der Waals surface area contributed by atoms with Gasteiger partial charge in [-0.25, -0.2) is 0 Å². The first-order chi connectivity index (χ1) is 5.76. The molecule has 0 aromatic carbocycles. The maximum atomic E-state index is 6.10. The van der Waals surface area contributed by atoms with E-state index in [0.717, 1.165) is 5.92 Å². The molecule has 0 fully saturated rings. The van der Waals surface area contributed by atoms with Crippen molar-refractivity contribution in [3.8, 4) is 0 Å². The highest BCUT2D eigenvalue weighted by Gasteiger charge is 2.13. The zero-order valence-corrected chi connectivity index (χ0v) is 8.97. The Kier molecular flexibility index (Phi) is 7.58. The first-order valence-electron chi connectivity index (χ1n) is 5.51. The average molecular weight is 171 g/mol. The second-order valence-corrected chi connectivity index (χ2v) is 3.76. The average Bonchev–Trinajstić information content (AvgIpc) is 2.10. The van der Waals surface area contributed by atoms with Gasteiger partial charge in [0.1, 0.15) is 0 Å². The summed E-state index contributed by atoms with van der Waals surface area (Å²) < 4.78 is 0. The Morgan fingerprint density at radius 3 is 2.08 bits per heavy atom. The molecular formula is C11H25N. The van der Waals surface area contributed by atoms with Crippen LogP contribution in [0, 0.1) is 5.92 Å². The molecule has 74 valence electrons. The van der Waals surface area contributed by atoms with Gasteiger partial charge in [0.2, 0.25) is 0 Å². The van der Waals surface area contributed by atoms with E-state index in [4.69, 9.17) is 5.73 Å². The number of nitrogens with two attached hydrogens (primary N) is 1. The predicted molar refractivity (Wildman–Crippen MR) is 56.2 cm³/mol. The van der Waals surface area contributed by atoms with Crippen molar-refractivity contribution in [3.63, 3.8) is 0 Å². The van der Waals surface area contributed by atoms with E-state index in [1.54, 1.807) is 0 Å². The van der Waals surface area contributed by atoms with Crippen LogP contribution in [0.3, 0.4) is 0 Å². The Bertz CT molecular complexity index is 91.0. The van der Waals surface area contributed by atoms with E-state index in [-0.39, 0.29) is 0 Å². The fraction of sp³-hybridized carbons (Fsp3) is 1.00. The lowest BCUT2D eigenvalue weighted by Gasteiger charge is -2.21. The van der Waals surface area contributed by atoms with E-state index >= 15 is 0 Å². The first-order valence-corrected chi connectivity index (χ1v) is 5.51. The Morgan fingerprint density at radius 1 is 1.00 bits per heavy atom. The monoisotopic (exact) mass is 171 g/mol. The third kappa shape index (κ3) is 4.76. The van der Waals surface area contributed by atoms with Gasteiger partial charge in [0.25, 0.3) is 0 Å². The number of hydrogen-bond donors (Lipinski definition) is 1. The Labute approximate surface area is 77.7 Å². The molecule has 0 radical (unpaired) electrons. The van der Waals surface area contributed by atoms with Crippen LogP contribution in [0.25, 0.3) is 0 Å². The number of rotatable bonds is 7. The quantitative estimate of drug-likeness (QED) is 0.624. The summed E-state index contributed by atoms with van der Waals surface area (Å²) in [5.74, 6) is 0.765. The highest BCUT2D eigenvalue weighted by Crippen LogP contribution is 2.17. The van der Waals surface area contributed by atoms with Gasteiger partial charge in [-0.1, -0.05) is 46.5 Å². The lowest BCUT2D eigenvalue weighted by Crippen LogP contribution is -2.29. The van der Waals surface area contributed by atoms with Crippen LogP contribution in [0.4, 0.5) is 0 Å². The van der Waals surface area contributed by atoms with Gasteiger partial charge in [0.05, 0.1) is 0 Å². The molecule has 12 heavy (non-hydrogen) atoms. The normalized spacial score (nSPS) is 16.0. The van der Waals surface area contributed by atoms with Gasteiger partial charge in [-0.2, -0.15) is 0 Å². The maximum Gasteiger partial charge on any atom is 0.00670 e. The third-order valence-corrected chi connectivity index (χ3v) is 2.68. The molecule has 0 amide bonds. The van der Waals surface area contributed by atoms with Crippen molar-refractivity contribution in [3.05, 3.63) is 0 Å². The van der Waals surface area contributed by atoms with Gasteiger partial charge in [-0.3, -0.25) is 0 Å². The molecule has 2 unspecified atom stereocenters. The summed E-state index contributed by atoms with van der Waals surface area (Å²) in [5, 5.41) is 0. The van der Waals surface area contributed by atoms with E-state index in [1.165, 1.54) is 38.5 Å². The second kappa shape index (κ2) is 7.60. The highest BCUT2D eigenvalue weighted by atomic mass is 14.6. The second-order valence-electron chi connectivity index (χ2n) is 3.76. The van der Waals surface area contributed by atoms with Gasteiger partial charge < -0.3 is 5.73 Å². The largest absolute Gasteiger partial charge is 0.327 e. The predicted octanol–water partition coefficient (Wildman–Crippen LogP) is 3.33. The molecule has 2 atom stereocenters. The van der Waals surface area contributed by atoms with Crippen molar-refractivity contribution in [2.75, 3.05) is 0 Å². The van der Waals surface area contributed by atoms with Gasteiger partial charge in [0, 0.05) is 6.04 Å². The van der Waals surface area contributed by atoms with E-state index in [0.29, 0.717) is 6.04 Å². The van der Waals surface area contributed by atoms with E-state index < -0.39 is 0 Å². The fourth-order valence-electron chi connectivity index (χ4n) is 1.77. The molecule has 0 saturated carbocycles. The molecule has 0 heterocycles. The van der Waals surface area contributed by atoms with Crippen LogP contribution >= 0.6 is 0 Å². The van der Waals surface area contributed by atoms with Crippen LogP contribution in [-0.4, -0.2) is 6.04 Å². The van der Waals surface area contributed by atoms with Crippen LogP contribution < -0.4 is 5.73 Å². The van der Waals surface area contributed by atoms with Crippen LogP contribution in [-0.2, 0) is 0 Å². The minimum Gasteiger partial charge on any atom is -0.327 e. The topological polar surface area (TPSA) is 26.0 Å². The molecule has 0 saturated heterocycles. The zero-order valence-electron chi connectivity index (χ0n) is 8.97. The van der Waals surface area contributed by atoms with Crippen molar-refractivity contribution in [1.82, 2.24) is 0 Å². The van der Waals surface area contributed by atoms with Crippen LogP contribution in [0.15, 0.2) is 0 Å². The Hall–Kier alpha value is -0.0400.